The van der Waals surface area contributed by atoms with E-state index in [0.29, 0.717) is 16.9 Å². The summed E-state index contributed by atoms with van der Waals surface area (Å²) in [5.41, 5.74) is 1.30. The largest absolute Gasteiger partial charge is 0.334 e. The van der Waals surface area contributed by atoms with Gasteiger partial charge in [-0.15, -0.1) is 0 Å². The van der Waals surface area contributed by atoms with Gasteiger partial charge in [-0.1, -0.05) is 21.5 Å². The summed E-state index contributed by atoms with van der Waals surface area (Å²) in [6, 6.07) is 3.56. The second-order valence-corrected chi connectivity index (χ2v) is 3.95. The predicted molar refractivity (Wildman–Crippen MR) is 62.5 cm³/mol. The normalized spacial score (nSPS) is 11.0. The Morgan fingerprint density at radius 3 is 2.83 bits per heavy atom. The van der Waals surface area contributed by atoms with Gasteiger partial charge in [0.05, 0.1) is 5.69 Å². The van der Waals surface area contributed by atoms with E-state index < -0.39 is 0 Å². The van der Waals surface area contributed by atoms with Crippen LogP contribution in [0.15, 0.2) is 27.6 Å². The zero-order valence-corrected chi connectivity index (χ0v) is 9.78. The van der Waals surface area contributed by atoms with Crippen LogP contribution >= 0.6 is 0 Å². The lowest BCUT2D eigenvalue weighted by Gasteiger charge is -2.01. The third-order valence-electron chi connectivity index (χ3n) is 2.59. The smallest absolute Gasteiger partial charge is 0.289 e. The first kappa shape index (κ1) is 10.6. The topological polar surface area (TPSA) is 86.7 Å². The molecule has 0 fully saturated rings. The van der Waals surface area contributed by atoms with E-state index in [1.54, 1.807) is 19.2 Å². The number of aromatic nitrogens is 5. The number of nitrogens with zero attached hydrogens (tertiary/aromatic N) is 5. The molecule has 3 aromatic heterocycles. The van der Waals surface area contributed by atoms with Crippen molar-refractivity contribution in [1.82, 2.24) is 25.1 Å². The Kier molecular flexibility index (Phi) is 2.19. The van der Waals surface area contributed by atoms with Crippen LogP contribution in [0.4, 0.5) is 0 Å². The molecule has 0 unspecified atom stereocenters. The summed E-state index contributed by atoms with van der Waals surface area (Å²) in [6.45, 7) is 3.60. The Balaban J connectivity index is 2.30. The van der Waals surface area contributed by atoms with Crippen molar-refractivity contribution in [2.24, 2.45) is 0 Å². The van der Waals surface area contributed by atoms with Crippen LogP contribution in [-0.2, 0) is 0 Å². The lowest BCUT2D eigenvalue weighted by atomic mass is 10.3. The highest BCUT2D eigenvalue weighted by Crippen LogP contribution is 2.10. The van der Waals surface area contributed by atoms with Gasteiger partial charge in [0.25, 0.3) is 11.3 Å². The highest BCUT2D eigenvalue weighted by molar-refractivity contribution is 5.73. The van der Waals surface area contributed by atoms with Crippen molar-refractivity contribution in [3.05, 3.63) is 39.9 Å². The predicted octanol–water partition coefficient (Wildman–Crippen LogP) is 0.781. The van der Waals surface area contributed by atoms with Crippen molar-refractivity contribution in [1.29, 1.82) is 0 Å². The zero-order chi connectivity index (χ0) is 12.7. The Morgan fingerprint density at radius 2 is 2.11 bits per heavy atom. The third kappa shape index (κ3) is 1.48. The monoisotopic (exact) mass is 243 g/mol. The molecule has 0 N–H and O–H groups in total. The Labute approximate surface area is 101 Å². The summed E-state index contributed by atoms with van der Waals surface area (Å²) in [5, 5.41) is 11.6. The zero-order valence-electron chi connectivity index (χ0n) is 9.78. The quantitative estimate of drug-likeness (QED) is 0.627. The molecule has 18 heavy (non-hydrogen) atoms. The molecule has 0 saturated heterocycles. The molecular formula is C11H9N5O2. The van der Waals surface area contributed by atoms with E-state index in [4.69, 9.17) is 4.52 Å². The maximum Gasteiger partial charge on any atom is 0.289 e. The molecule has 0 atom stereocenters. The molecule has 7 nitrogen and oxygen atoms in total. The molecule has 0 aliphatic rings. The number of aryl methyl sites for hydroxylation is 2. The van der Waals surface area contributed by atoms with Gasteiger partial charge in [0.15, 0.2) is 5.82 Å². The lowest BCUT2D eigenvalue weighted by molar-refractivity contribution is 0.437. The van der Waals surface area contributed by atoms with Crippen LogP contribution in [0.3, 0.4) is 0 Å². The van der Waals surface area contributed by atoms with Gasteiger partial charge in [0, 0.05) is 6.20 Å². The van der Waals surface area contributed by atoms with Gasteiger partial charge in [0.1, 0.15) is 5.39 Å². The van der Waals surface area contributed by atoms with Crippen LogP contribution in [0, 0.1) is 13.8 Å². The van der Waals surface area contributed by atoms with Crippen LogP contribution in [0.25, 0.3) is 16.9 Å². The fourth-order valence-electron chi connectivity index (χ4n) is 1.64. The number of fused-ring (bicyclic) bond motifs is 1. The van der Waals surface area contributed by atoms with Crippen molar-refractivity contribution in [2.45, 2.75) is 13.8 Å². The summed E-state index contributed by atoms with van der Waals surface area (Å²) < 4.78 is 6.01. The molecule has 0 bridgehead atoms. The minimum Gasteiger partial charge on any atom is -0.334 e. The van der Waals surface area contributed by atoms with Crippen molar-refractivity contribution < 1.29 is 4.52 Å². The second kappa shape index (κ2) is 3.73. The molecule has 0 saturated carbocycles. The van der Waals surface area contributed by atoms with Crippen molar-refractivity contribution in [3.63, 3.8) is 0 Å². The molecule has 0 aliphatic carbocycles. The number of hydrogen-bond acceptors (Lipinski definition) is 6. The van der Waals surface area contributed by atoms with E-state index in [-0.39, 0.29) is 11.3 Å². The fraction of sp³-hybridized carbons (Fsp3) is 0.182. The third-order valence-corrected chi connectivity index (χ3v) is 2.59. The van der Waals surface area contributed by atoms with E-state index in [2.05, 4.69) is 20.5 Å². The van der Waals surface area contributed by atoms with E-state index in [1.807, 2.05) is 13.0 Å². The Hall–Kier alpha value is -2.57. The average Bonchev–Trinajstić information content (AvgIpc) is 2.74. The van der Waals surface area contributed by atoms with Crippen molar-refractivity contribution in [3.8, 4) is 5.82 Å². The highest BCUT2D eigenvalue weighted by atomic mass is 16.5. The van der Waals surface area contributed by atoms with Crippen LogP contribution in [0.5, 0.6) is 0 Å². The minimum atomic E-state index is -0.338. The van der Waals surface area contributed by atoms with Gasteiger partial charge in [-0.25, -0.2) is 4.98 Å². The van der Waals surface area contributed by atoms with Gasteiger partial charge >= 0.3 is 0 Å². The van der Waals surface area contributed by atoms with E-state index >= 15 is 0 Å². The van der Waals surface area contributed by atoms with Gasteiger partial charge in [-0.3, -0.25) is 4.79 Å². The summed E-state index contributed by atoms with van der Waals surface area (Å²) in [5.74, 6) is 0.417. The van der Waals surface area contributed by atoms with Crippen LogP contribution < -0.4 is 5.56 Å². The second-order valence-electron chi connectivity index (χ2n) is 3.95. The van der Waals surface area contributed by atoms with Gasteiger partial charge in [0.2, 0.25) is 0 Å². The molecule has 90 valence electrons. The van der Waals surface area contributed by atoms with Gasteiger partial charge in [-0.2, -0.15) is 4.68 Å². The molecule has 0 aromatic carbocycles. The fourth-order valence-corrected chi connectivity index (χ4v) is 1.64. The Bertz CT molecular complexity index is 772. The maximum absolute atomic E-state index is 12.2. The molecule has 0 amide bonds. The van der Waals surface area contributed by atoms with Crippen molar-refractivity contribution in [2.75, 3.05) is 0 Å². The molecule has 0 spiro atoms. The van der Waals surface area contributed by atoms with Crippen LogP contribution in [0.2, 0.25) is 0 Å². The summed E-state index contributed by atoms with van der Waals surface area (Å²) in [4.78, 5) is 16.4. The van der Waals surface area contributed by atoms with Crippen LogP contribution in [-0.4, -0.2) is 25.1 Å². The van der Waals surface area contributed by atoms with Crippen LogP contribution in [0.1, 0.15) is 11.3 Å². The highest BCUT2D eigenvalue weighted by Gasteiger charge is 2.14. The molecule has 0 radical (unpaired) electrons. The number of pyridine rings is 1. The summed E-state index contributed by atoms with van der Waals surface area (Å²) >= 11 is 0. The first-order chi connectivity index (χ1) is 8.66. The minimum absolute atomic E-state index is 0.140. The first-order valence-electron chi connectivity index (χ1n) is 5.32. The SMILES string of the molecule is Cc1ccc(-n2nnc3onc(C)c3c2=O)nc1. The van der Waals surface area contributed by atoms with Gasteiger partial charge in [-0.05, 0) is 25.5 Å². The van der Waals surface area contributed by atoms with E-state index in [9.17, 15) is 4.79 Å². The molecule has 3 aromatic rings. The standard InChI is InChI=1S/C11H9N5O2/c1-6-3-4-8(12-5-6)16-11(17)9-7(2)14-18-10(9)13-15-16/h3-5H,1-2H3. The number of hydrogen-bond donors (Lipinski definition) is 0. The van der Waals surface area contributed by atoms with Gasteiger partial charge < -0.3 is 4.52 Å². The average molecular weight is 243 g/mol. The Morgan fingerprint density at radius 1 is 1.28 bits per heavy atom. The van der Waals surface area contributed by atoms with Crippen molar-refractivity contribution >= 4 is 11.1 Å². The van der Waals surface area contributed by atoms with E-state index in [0.717, 1.165) is 10.2 Å². The molecule has 3 rings (SSSR count). The molecular weight excluding hydrogens is 234 g/mol. The number of rotatable bonds is 1. The van der Waals surface area contributed by atoms with E-state index in [1.165, 1.54) is 0 Å². The summed E-state index contributed by atoms with van der Waals surface area (Å²) in [7, 11) is 0. The summed E-state index contributed by atoms with van der Waals surface area (Å²) in [6.07, 6.45) is 1.66. The molecule has 7 heteroatoms. The first-order valence-corrected chi connectivity index (χ1v) is 5.32. The lowest BCUT2D eigenvalue weighted by Crippen LogP contribution is -2.23. The maximum atomic E-state index is 12.2. The molecule has 0 aliphatic heterocycles. The molecule has 3 heterocycles.